The maximum absolute atomic E-state index is 4.62. The summed E-state index contributed by atoms with van der Waals surface area (Å²) < 4.78 is 0. The van der Waals surface area contributed by atoms with Crippen LogP contribution in [0, 0.1) is 5.92 Å². The van der Waals surface area contributed by atoms with Crippen LogP contribution < -0.4 is 10.6 Å². The van der Waals surface area contributed by atoms with Gasteiger partial charge >= 0.3 is 0 Å². The van der Waals surface area contributed by atoms with E-state index in [0.717, 1.165) is 18.0 Å². The average molecular weight is 338 g/mol. The number of hydrogen-bond acceptors (Lipinski definition) is 3. The van der Waals surface area contributed by atoms with Gasteiger partial charge in [-0.05, 0) is 49.4 Å². The number of pyridine rings is 1. The normalized spacial score (nSPS) is 23.1. The van der Waals surface area contributed by atoms with Gasteiger partial charge in [0, 0.05) is 30.2 Å². The summed E-state index contributed by atoms with van der Waals surface area (Å²) in [6.45, 7) is 2.11. The lowest BCUT2D eigenvalue weighted by atomic mass is 9.83. The molecule has 1 unspecified atom stereocenters. The smallest absolute Gasteiger partial charge is 0.0702 e. The Kier molecular flexibility index (Phi) is 5.63. The number of nitrogens with zero attached hydrogens (tertiary/aromatic N) is 1. The van der Waals surface area contributed by atoms with Gasteiger partial charge < -0.3 is 10.6 Å². The summed E-state index contributed by atoms with van der Waals surface area (Å²) in [5.41, 5.74) is 2.38. The lowest BCUT2D eigenvalue weighted by molar-refractivity contribution is 0.268. The Morgan fingerprint density at radius 2 is 1.96 bits per heavy atom. The van der Waals surface area contributed by atoms with E-state index >= 15 is 0 Å². The second-order valence-electron chi connectivity index (χ2n) is 7.97. The minimum absolute atomic E-state index is 0.595. The predicted octanol–water partition coefficient (Wildman–Crippen LogP) is 4.42. The van der Waals surface area contributed by atoms with E-state index in [1.807, 2.05) is 6.20 Å². The minimum atomic E-state index is 0.595. The fourth-order valence-corrected chi connectivity index (χ4v) is 4.69. The van der Waals surface area contributed by atoms with Gasteiger partial charge in [-0.15, -0.1) is 0 Å². The van der Waals surface area contributed by atoms with Crippen molar-refractivity contribution in [3.63, 3.8) is 0 Å². The van der Waals surface area contributed by atoms with Crippen LogP contribution in [0.25, 0.3) is 10.9 Å². The summed E-state index contributed by atoms with van der Waals surface area (Å²) in [7, 11) is 0. The zero-order valence-corrected chi connectivity index (χ0v) is 15.2. The Hall–Kier alpha value is -1.45. The quantitative estimate of drug-likeness (QED) is 0.819. The van der Waals surface area contributed by atoms with Crippen molar-refractivity contribution in [3.8, 4) is 0 Å². The van der Waals surface area contributed by atoms with Crippen LogP contribution in [-0.2, 0) is 6.54 Å². The van der Waals surface area contributed by atoms with Crippen molar-refractivity contribution in [1.82, 2.24) is 15.6 Å². The van der Waals surface area contributed by atoms with E-state index in [0.29, 0.717) is 12.1 Å². The van der Waals surface area contributed by atoms with Crippen LogP contribution in [0.1, 0.15) is 56.9 Å². The lowest BCUT2D eigenvalue weighted by Gasteiger charge is -2.31. The molecule has 2 aliphatic rings. The minimum Gasteiger partial charge on any atom is -0.312 e. The van der Waals surface area contributed by atoms with E-state index in [4.69, 9.17) is 0 Å². The van der Waals surface area contributed by atoms with Crippen LogP contribution in [0.5, 0.6) is 0 Å². The molecule has 2 fully saturated rings. The number of rotatable bonds is 6. The first-order valence-electron chi connectivity index (χ1n) is 10.2. The summed E-state index contributed by atoms with van der Waals surface area (Å²) in [6, 6.07) is 11.9. The van der Waals surface area contributed by atoms with Crippen molar-refractivity contribution < 1.29 is 0 Å². The third kappa shape index (κ3) is 4.39. The van der Waals surface area contributed by atoms with Gasteiger partial charge in [-0.1, -0.05) is 50.3 Å². The number of aromatic nitrogens is 1. The Bertz CT molecular complexity index is 672. The summed E-state index contributed by atoms with van der Waals surface area (Å²) in [4.78, 5) is 4.62. The highest BCUT2D eigenvalue weighted by atomic mass is 15.0. The van der Waals surface area contributed by atoms with Gasteiger partial charge in [-0.3, -0.25) is 4.98 Å². The van der Waals surface area contributed by atoms with Gasteiger partial charge in [0.25, 0.3) is 0 Å². The molecule has 2 atom stereocenters. The van der Waals surface area contributed by atoms with E-state index in [2.05, 4.69) is 45.9 Å². The van der Waals surface area contributed by atoms with Gasteiger partial charge in [0.2, 0.25) is 0 Å². The zero-order valence-electron chi connectivity index (χ0n) is 15.2. The molecule has 1 aliphatic carbocycles. The summed E-state index contributed by atoms with van der Waals surface area (Å²) in [6.07, 6.45) is 13.2. The van der Waals surface area contributed by atoms with Crippen molar-refractivity contribution in [2.75, 3.05) is 6.54 Å². The summed E-state index contributed by atoms with van der Waals surface area (Å²) >= 11 is 0. The second kappa shape index (κ2) is 8.29. The molecule has 2 aromatic rings. The van der Waals surface area contributed by atoms with E-state index in [-0.39, 0.29) is 0 Å². The lowest BCUT2D eigenvalue weighted by Crippen LogP contribution is -2.45. The standard InChI is InChI=1S/C22H31N3/c1-2-7-17(8-3-1)14-22(21-11-6-12-23-21)25-16-18-13-19-9-4-5-10-20(19)24-15-18/h4-5,9-10,13,15,17,21-23,25H,1-3,6-8,11-12,14,16H2/t21?,22-/m0/s1. The Morgan fingerprint density at radius 1 is 1.08 bits per heavy atom. The number of hydrogen-bond donors (Lipinski definition) is 2. The molecule has 0 bridgehead atoms. The van der Waals surface area contributed by atoms with Crippen molar-refractivity contribution >= 4 is 10.9 Å². The number of nitrogens with one attached hydrogen (secondary N) is 2. The van der Waals surface area contributed by atoms with Crippen LogP contribution in [0.15, 0.2) is 36.5 Å². The number of para-hydroxylation sites is 1. The van der Waals surface area contributed by atoms with Crippen molar-refractivity contribution in [2.24, 2.45) is 5.92 Å². The van der Waals surface area contributed by atoms with Gasteiger partial charge in [-0.25, -0.2) is 0 Å². The van der Waals surface area contributed by atoms with Gasteiger partial charge in [0.05, 0.1) is 5.52 Å². The monoisotopic (exact) mass is 337 g/mol. The van der Waals surface area contributed by atoms with Crippen molar-refractivity contribution in [2.45, 2.75) is 70.0 Å². The molecule has 3 heteroatoms. The Morgan fingerprint density at radius 3 is 2.80 bits per heavy atom. The molecule has 2 N–H and O–H groups in total. The molecule has 0 amide bonds. The molecular weight excluding hydrogens is 306 g/mol. The van der Waals surface area contributed by atoms with Crippen LogP contribution in [0.3, 0.4) is 0 Å². The largest absolute Gasteiger partial charge is 0.312 e. The topological polar surface area (TPSA) is 37.0 Å². The first-order chi connectivity index (χ1) is 12.4. The molecule has 0 radical (unpaired) electrons. The Labute approximate surface area is 151 Å². The first-order valence-corrected chi connectivity index (χ1v) is 10.2. The first kappa shape index (κ1) is 17.0. The van der Waals surface area contributed by atoms with E-state index in [1.54, 1.807) is 0 Å². The van der Waals surface area contributed by atoms with Gasteiger partial charge in [-0.2, -0.15) is 0 Å². The molecule has 1 aromatic carbocycles. The van der Waals surface area contributed by atoms with E-state index in [9.17, 15) is 0 Å². The van der Waals surface area contributed by atoms with Crippen LogP contribution in [0.4, 0.5) is 0 Å². The predicted molar refractivity (Wildman–Crippen MR) is 105 cm³/mol. The number of fused-ring (bicyclic) bond motifs is 1. The molecule has 25 heavy (non-hydrogen) atoms. The highest BCUT2D eigenvalue weighted by molar-refractivity contribution is 5.78. The SMILES string of the molecule is c1ccc2ncc(CN[C@@H](CC3CCCCC3)C3CCCN3)cc2c1. The van der Waals surface area contributed by atoms with Crippen molar-refractivity contribution in [1.29, 1.82) is 0 Å². The summed E-state index contributed by atoms with van der Waals surface area (Å²) in [5.74, 6) is 0.920. The molecule has 4 rings (SSSR count). The van der Waals surface area contributed by atoms with Gasteiger partial charge in [0.15, 0.2) is 0 Å². The molecule has 134 valence electrons. The van der Waals surface area contributed by atoms with E-state index in [1.165, 1.54) is 68.9 Å². The summed E-state index contributed by atoms with van der Waals surface area (Å²) in [5, 5.41) is 8.86. The third-order valence-electron chi connectivity index (χ3n) is 6.11. The molecule has 2 heterocycles. The van der Waals surface area contributed by atoms with Crippen LogP contribution in [0.2, 0.25) is 0 Å². The van der Waals surface area contributed by atoms with Gasteiger partial charge in [0.1, 0.15) is 0 Å². The fraction of sp³-hybridized carbons (Fsp3) is 0.591. The highest BCUT2D eigenvalue weighted by Gasteiger charge is 2.27. The molecule has 1 saturated carbocycles. The molecule has 0 spiro atoms. The molecule has 1 aromatic heterocycles. The highest BCUT2D eigenvalue weighted by Crippen LogP contribution is 2.29. The van der Waals surface area contributed by atoms with Crippen LogP contribution in [-0.4, -0.2) is 23.6 Å². The molecular formula is C22H31N3. The second-order valence-corrected chi connectivity index (χ2v) is 7.97. The number of benzene rings is 1. The molecule has 3 nitrogen and oxygen atoms in total. The van der Waals surface area contributed by atoms with Crippen LogP contribution >= 0.6 is 0 Å². The maximum atomic E-state index is 4.62. The third-order valence-corrected chi connectivity index (χ3v) is 6.11. The fourth-order valence-electron chi connectivity index (χ4n) is 4.69. The maximum Gasteiger partial charge on any atom is 0.0702 e. The van der Waals surface area contributed by atoms with E-state index < -0.39 is 0 Å². The average Bonchev–Trinajstić information content (AvgIpc) is 3.20. The molecule has 1 saturated heterocycles. The zero-order chi connectivity index (χ0) is 16.9. The van der Waals surface area contributed by atoms with Crippen molar-refractivity contribution in [3.05, 3.63) is 42.1 Å². The molecule has 1 aliphatic heterocycles. The Balaban J connectivity index is 1.41.